The second-order valence-electron chi connectivity index (χ2n) is 1.44. The van der Waals surface area contributed by atoms with Crippen LogP contribution in [0.1, 0.15) is 0 Å². The minimum absolute atomic E-state index is 0.598. The minimum Gasteiger partial charge on any atom is -0.275 e. The number of hydrogen-bond donors (Lipinski definition) is 2. The molecule has 5 nitrogen and oxygen atoms in total. The van der Waals surface area contributed by atoms with Crippen LogP contribution in [0.15, 0.2) is 0 Å². The lowest BCUT2D eigenvalue weighted by Crippen LogP contribution is -2.82. The molecule has 0 radical (unpaired) electrons. The molecule has 0 aromatic heterocycles. The zero-order valence-corrected chi connectivity index (χ0v) is 4.30. The van der Waals surface area contributed by atoms with Gasteiger partial charge in [-0.15, -0.1) is 0 Å². The molecule has 1 aliphatic rings. The van der Waals surface area contributed by atoms with E-state index in [4.69, 9.17) is 0 Å². The molecule has 0 saturated heterocycles. The van der Waals surface area contributed by atoms with Gasteiger partial charge in [-0.05, 0) is 0 Å². The van der Waals surface area contributed by atoms with Crippen molar-refractivity contribution in [2.75, 3.05) is 0 Å². The summed E-state index contributed by atoms with van der Waals surface area (Å²) >= 11 is 0. The molecule has 2 N–H and O–H groups in total. The van der Waals surface area contributed by atoms with Crippen molar-refractivity contribution in [2.45, 2.75) is 0 Å². The van der Waals surface area contributed by atoms with Crippen molar-refractivity contribution in [3.63, 3.8) is 0 Å². The van der Waals surface area contributed by atoms with E-state index in [-0.39, 0.29) is 0 Å². The first kappa shape index (κ1) is 5.61. The zero-order valence-electron chi connectivity index (χ0n) is 4.30. The predicted molar refractivity (Wildman–Crippen MR) is 25.2 cm³/mol. The van der Waals surface area contributed by atoms with Crippen LogP contribution in [0.4, 0.5) is 0 Å². The molecule has 1 heterocycles. The van der Waals surface area contributed by atoms with Crippen LogP contribution < -0.4 is 10.3 Å². The average molecular weight is 127 g/mol. The molecule has 0 aliphatic carbocycles. The maximum absolute atomic E-state index is 10.2. The number of imide groups is 1. The third kappa shape index (κ3) is 0.987. The topological polar surface area (TPSA) is 77.2 Å². The Morgan fingerprint density at radius 2 is 2.00 bits per heavy atom. The molecular formula is C4H3N2O3+. The van der Waals surface area contributed by atoms with E-state index in [0.29, 0.717) is 0 Å². The van der Waals surface area contributed by atoms with Gasteiger partial charge in [-0.2, -0.15) is 4.99 Å². The van der Waals surface area contributed by atoms with Gasteiger partial charge < -0.3 is 0 Å². The summed E-state index contributed by atoms with van der Waals surface area (Å²) in [5, 5.41) is 1.78. The van der Waals surface area contributed by atoms with Crippen LogP contribution >= 0.6 is 0 Å². The number of rotatable bonds is 0. The molecule has 1 aliphatic heterocycles. The first-order valence-electron chi connectivity index (χ1n) is 2.19. The normalized spacial score (nSPS) is 18.0. The van der Waals surface area contributed by atoms with Gasteiger partial charge in [-0.3, -0.25) is 14.9 Å². The summed E-state index contributed by atoms with van der Waals surface area (Å²) in [6, 6.07) is 0. The standard InChI is InChI=1S/C4H2N2O3/c7-2-1-5-3(8)4(9)6-2/h1H,(H,6,7,9)/p+1. The lowest BCUT2D eigenvalue weighted by molar-refractivity contribution is -0.368. The third-order valence-electron chi connectivity index (χ3n) is 0.777. The summed E-state index contributed by atoms with van der Waals surface area (Å²) in [6.45, 7) is 0. The van der Waals surface area contributed by atoms with Gasteiger partial charge in [0.05, 0.1) is 0 Å². The van der Waals surface area contributed by atoms with Gasteiger partial charge in [0.25, 0.3) is 0 Å². The van der Waals surface area contributed by atoms with Gasteiger partial charge in [-0.25, -0.2) is 4.79 Å². The van der Waals surface area contributed by atoms with Crippen molar-refractivity contribution in [1.82, 2.24) is 5.32 Å². The first-order chi connectivity index (χ1) is 4.20. The van der Waals surface area contributed by atoms with Crippen molar-refractivity contribution in [3.8, 4) is 0 Å². The van der Waals surface area contributed by atoms with E-state index in [1.54, 1.807) is 5.32 Å². The lowest BCUT2D eigenvalue weighted by atomic mass is 10.4. The quantitative estimate of drug-likeness (QED) is 0.260. The van der Waals surface area contributed by atoms with Crippen LogP contribution in [0.25, 0.3) is 0 Å². The first-order valence-corrected chi connectivity index (χ1v) is 2.19. The van der Waals surface area contributed by atoms with E-state index in [1.807, 2.05) is 4.99 Å². The average Bonchev–Trinajstić information content (AvgIpc) is 1.80. The smallest absolute Gasteiger partial charge is 0.275 e. The monoisotopic (exact) mass is 127 g/mol. The minimum atomic E-state index is -0.914. The van der Waals surface area contributed by atoms with Crippen LogP contribution in [0.2, 0.25) is 0 Å². The van der Waals surface area contributed by atoms with Gasteiger partial charge in [0.15, 0.2) is 0 Å². The van der Waals surface area contributed by atoms with E-state index in [0.717, 1.165) is 6.21 Å². The highest BCUT2D eigenvalue weighted by Gasteiger charge is 2.25. The second-order valence-corrected chi connectivity index (χ2v) is 1.44. The van der Waals surface area contributed by atoms with Gasteiger partial charge >= 0.3 is 17.7 Å². The van der Waals surface area contributed by atoms with Gasteiger partial charge in [0.1, 0.15) is 0 Å². The SMILES string of the molecule is O=C1C=[NH+]C(=O)C(=O)N1. The zero-order chi connectivity index (χ0) is 6.85. The van der Waals surface area contributed by atoms with Crippen molar-refractivity contribution in [1.29, 1.82) is 0 Å². The van der Waals surface area contributed by atoms with Crippen molar-refractivity contribution < 1.29 is 19.4 Å². The number of nitrogens with one attached hydrogen (secondary N) is 2. The van der Waals surface area contributed by atoms with E-state index >= 15 is 0 Å². The van der Waals surface area contributed by atoms with Crippen LogP contribution in [-0.4, -0.2) is 23.9 Å². The summed E-state index contributed by atoms with van der Waals surface area (Å²) in [4.78, 5) is 32.6. The molecule has 0 aromatic rings. The molecule has 0 unspecified atom stereocenters. The molecule has 0 atom stereocenters. The molecule has 5 heteroatoms. The highest BCUT2D eigenvalue weighted by molar-refractivity contribution is 6.43. The molecule has 0 bridgehead atoms. The summed E-state index contributed by atoms with van der Waals surface area (Å²) < 4.78 is 0. The fraction of sp³-hybridized carbons (Fsp3) is 0. The second kappa shape index (κ2) is 1.77. The number of carbonyl (C=O) groups is 3. The van der Waals surface area contributed by atoms with E-state index < -0.39 is 17.7 Å². The Hall–Kier alpha value is -1.52. The third-order valence-corrected chi connectivity index (χ3v) is 0.777. The van der Waals surface area contributed by atoms with Crippen molar-refractivity contribution in [2.24, 2.45) is 0 Å². The Labute approximate surface area is 49.8 Å². The molecule has 1 rings (SSSR count). The van der Waals surface area contributed by atoms with Gasteiger partial charge in [0, 0.05) is 0 Å². The maximum atomic E-state index is 10.2. The summed E-state index contributed by atoms with van der Waals surface area (Å²) in [5.74, 6) is -2.32. The Morgan fingerprint density at radius 3 is 2.44 bits per heavy atom. The Bertz CT molecular complexity index is 218. The summed E-state index contributed by atoms with van der Waals surface area (Å²) in [6.07, 6.45) is 0.893. The molecule has 3 amide bonds. The highest BCUT2D eigenvalue weighted by atomic mass is 16.2. The number of hydrogen-bond acceptors (Lipinski definition) is 3. The van der Waals surface area contributed by atoms with Crippen LogP contribution in [0.3, 0.4) is 0 Å². The lowest BCUT2D eigenvalue weighted by Gasteiger charge is -1.93. The van der Waals surface area contributed by atoms with Gasteiger partial charge in [0.2, 0.25) is 6.21 Å². The van der Waals surface area contributed by atoms with Crippen molar-refractivity contribution >= 4 is 23.9 Å². The van der Waals surface area contributed by atoms with E-state index in [1.165, 1.54) is 0 Å². The van der Waals surface area contributed by atoms with E-state index in [2.05, 4.69) is 0 Å². The number of amides is 3. The molecule has 9 heavy (non-hydrogen) atoms. The molecule has 0 fully saturated rings. The van der Waals surface area contributed by atoms with Crippen LogP contribution in [-0.2, 0) is 14.4 Å². The largest absolute Gasteiger partial charge is 0.476 e. The molecule has 46 valence electrons. The van der Waals surface area contributed by atoms with Gasteiger partial charge in [-0.1, -0.05) is 0 Å². The fourth-order valence-electron chi connectivity index (χ4n) is 0.401. The maximum Gasteiger partial charge on any atom is 0.476 e. The molecule has 0 saturated carbocycles. The Morgan fingerprint density at radius 1 is 1.33 bits per heavy atom. The Balaban J connectivity index is 2.89. The van der Waals surface area contributed by atoms with E-state index in [9.17, 15) is 14.4 Å². The van der Waals surface area contributed by atoms with Crippen LogP contribution in [0.5, 0.6) is 0 Å². The number of carbonyl (C=O) groups excluding carboxylic acids is 3. The fourth-order valence-corrected chi connectivity index (χ4v) is 0.401. The highest BCUT2D eigenvalue weighted by Crippen LogP contribution is 1.63. The predicted octanol–water partition coefficient (Wildman–Crippen LogP) is -3.68. The summed E-state index contributed by atoms with van der Waals surface area (Å²) in [7, 11) is 0. The Kier molecular flexibility index (Phi) is 1.11. The summed E-state index contributed by atoms with van der Waals surface area (Å²) in [5.41, 5.74) is 0. The van der Waals surface area contributed by atoms with Crippen LogP contribution in [0, 0.1) is 0 Å². The molecular weight excluding hydrogens is 124 g/mol. The molecule has 0 spiro atoms. The van der Waals surface area contributed by atoms with Crippen molar-refractivity contribution in [3.05, 3.63) is 0 Å². The molecule has 0 aromatic carbocycles.